The fraction of sp³-hybridized carbons (Fsp3) is 0.568. The molecule has 0 bridgehead atoms. The lowest BCUT2D eigenvalue weighted by molar-refractivity contribution is -0.0638. The van der Waals surface area contributed by atoms with Gasteiger partial charge in [-0.25, -0.2) is 37.4 Å². The number of aliphatic hydroxyl groups excluding tert-OH is 1. The number of phosphoric acid groups is 4. The van der Waals surface area contributed by atoms with Crippen LogP contribution in [0, 0.1) is 6.92 Å². The van der Waals surface area contributed by atoms with E-state index >= 15 is 0 Å². The predicted molar refractivity (Wildman–Crippen MR) is 255 cm³/mol. The Kier molecular flexibility index (Phi) is 17.9. The van der Waals surface area contributed by atoms with Crippen LogP contribution in [0.5, 0.6) is 0 Å². The molecule has 15 atom stereocenters. The minimum atomic E-state index is -5.45. The number of nitrogens with one attached hydrogen (secondary N) is 1. The summed E-state index contributed by atoms with van der Waals surface area (Å²) in [6, 6.07) is 3.73. The molecule has 4 aromatic heterocycles. The molecule has 41 heteroatoms. The summed E-state index contributed by atoms with van der Waals surface area (Å²) in [7, 11) is -21.2. The minimum Gasteiger partial charge on any atom is -0.390 e. The monoisotopic (exact) mass is 1190 g/mol. The number of aliphatic hydroxyl groups is 1. The number of hydrogen-bond acceptors (Lipinski definition) is 27. The Hall–Kier alpha value is -5.04. The predicted octanol–water partition coefficient (Wildman–Crippen LogP) is -2.51. The van der Waals surface area contributed by atoms with Crippen molar-refractivity contribution in [2.75, 3.05) is 43.6 Å². The number of anilines is 3. The molecule has 0 amide bonds. The van der Waals surface area contributed by atoms with E-state index in [4.69, 9.17) is 63.3 Å². The molecule has 0 saturated carbocycles. The highest BCUT2D eigenvalue weighted by Crippen LogP contribution is 2.54. The van der Waals surface area contributed by atoms with Crippen LogP contribution in [-0.2, 0) is 68.9 Å². The molecule has 4 aliphatic heterocycles. The lowest BCUT2D eigenvalue weighted by Crippen LogP contribution is -2.33. The van der Waals surface area contributed by atoms with Gasteiger partial charge in [-0.05, 0) is 25.1 Å². The first-order valence-corrected chi connectivity index (χ1v) is 28.9. The first-order valence-electron chi connectivity index (χ1n) is 22.8. The van der Waals surface area contributed by atoms with Gasteiger partial charge in [0.25, 0.3) is 5.56 Å². The van der Waals surface area contributed by atoms with Gasteiger partial charge in [0.15, 0.2) is 0 Å². The number of nitrogens with two attached hydrogens (primary N) is 3. The zero-order chi connectivity index (χ0) is 56.6. The summed E-state index contributed by atoms with van der Waals surface area (Å²) in [5.41, 5.74) is 12.3. The Morgan fingerprint density at radius 1 is 0.551 bits per heavy atom. The molecular formula is C37H51N11O26P4. The van der Waals surface area contributed by atoms with Gasteiger partial charge in [0.05, 0.1) is 32.5 Å². The van der Waals surface area contributed by atoms with Crippen LogP contribution in [0.3, 0.4) is 0 Å². The van der Waals surface area contributed by atoms with Crippen molar-refractivity contribution < 1.29 is 98.4 Å². The Balaban J connectivity index is 0.960. The fourth-order valence-corrected chi connectivity index (χ4v) is 11.7. The molecule has 13 N–H and O–H groups in total. The van der Waals surface area contributed by atoms with Crippen LogP contribution in [0.15, 0.2) is 67.0 Å². The third kappa shape index (κ3) is 14.8. The molecule has 8 heterocycles. The summed E-state index contributed by atoms with van der Waals surface area (Å²) in [6.07, 6.45) is -14.5. The van der Waals surface area contributed by atoms with E-state index in [1.807, 2.05) is 0 Å². The molecule has 0 radical (unpaired) electrons. The average molecular weight is 1190 g/mol. The summed E-state index contributed by atoms with van der Waals surface area (Å²) in [5, 5.41) is 10.7. The van der Waals surface area contributed by atoms with Gasteiger partial charge >= 0.3 is 54.0 Å². The van der Waals surface area contributed by atoms with Crippen LogP contribution in [0.2, 0.25) is 0 Å². The van der Waals surface area contributed by atoms with E-state index in [-0.39, 0.29) is 29.4 Å². The third-order valence-corrected chi connectivity index (χ3v) is 15.6. The highest BCUT2D eigenvalue weighted by Gasteiger charge is 2.48. The Morgan fingerprint density at radius 3 is 1.26 bits per heavy atom. The summed E-state index contributed by atoms with van der Waals surface area (Å²) in [5.74, 6) is -0.432. The van der Waals surface area contributed by atoms with E-state index in [1.54, 1.807) is 0 Å². The van der Waals surface area contributed by atoms with Gasteiger partial charge in [-0.3, -0.25) is 59.7 Å². The SMILES string of the molecule is Cc1cn([C@H]2C[C@H](OP(=O)(O)OC[C@H]3O[C@@H](n4ccc(N)nc4=O)C[C@@H]3O)[C@@H](COP(=O)(O)O[C@H]3C[C@H](n4ccc(N)nc4=O)O[C@@H]3COP(=O)(O)O[C@H]3C[C@H](n4ccc(N)nc4=O)O[C@@H]3COP(=O)(O)O)O2)c(=O)[nH]c1=O. The summed E-state index contributed by atoms with van der Waals surface area (Å²) in [4.78, 5) is 127. The van der Waals surface area contributed by atoms with Crippen molar-refractivity contribution in [1.29, 1.82) is 0 Å². The number of aryl methyl sites for hydroxylation is 1. The third-order valence-electron chi connectivity index (χ3n) is 12.1. The number of nitrogens with zero attached hydrogens (tertiary/aromatic N) is 7. The maximum atomic E-state index is 13.8. The minimum absolute atomic E-state index is 0.0327. The molecule has 4 fully saturated rings. The number of rotatable bonds is 22. The van der Waals surface area contributed by atoms with E-state index in [0.717, 1.165) is 30.7 Å². The van der Waals surface area contributed by atoms with E-state index in [1.165, 1.54) is 37.5 Å². The second kappa shape index (κ2) is 23.6. The maximum absolute atomic E-state index is 13.8. The van der Waals surface area contributed by atoms with E-state index in [9.17, 15) is 71.8 Å². The molecule has 3 unspecified atom stereocenters. The largest absolute Gasteiger partial charge is 0.472 e. The van der Waals surface area contributed by atoms with E-state index in [2.05, 4.69) is 24.5 Å². The van der Waals surface area contributed by atoms with Crippen molar-refractivity contribution in [3.05, 3.63) is 101 Å². The van der Waals surface area contributed by atoms with Gasteiger partial charge < -0.3 is 65.7 Å². The number of hydrogen-bond donors (Lipinski definition) is 10. The van der Waals surface area contributed by atoms with Crippen molar-refractivity contribution in [1.82, 2.24) is 38.2 Å². The number of aromatic nitrogens is 8. The number of H-pyrrole nitrogens is 1. The Bertz CT molecular complexity index is 3360. The van der Waals surface area contributed by atoms with Crippen molar-refractivity contribution in [3.63, 3.8) is 0 Å². The van der Waals surface area contributed by atoms with E-state index < -0.39 is 179 Å². The highest BCUT2D eigenvalue weighted by molar-refractivity contribution is 7.48. The number of nitrogen functional groups attached to an aromatic ring is 3. The van der Waals surface area contributed by atoms with Crippen molar-refractivity contribution in [3.8, 4) is 0 Å². The standard InChI is InChI=1S/C37H51N11O26P4/c1-17-12-48(37(54)44-33(17)50)32-11-21(74-76(58,59)65-13-22-18(49)8-29(68-22)45-5-2-26(38)41-34(45)51)25(71-32)16-67-78(62,63)73-20-10-31(47-7-4-28(40)43-36(47)53)70-24(20)15-66-77(60,61)72-19-9-30(46-6-3-27(39)42-35(46)52)69-23(19)14-64-75(55,56)57/h2-7,12,18-25,29-32,49H,8-11,13-16H2,1H3,(H,58,59)(H,60,61)(H,62,63)(H2,38,41,51)(H2,39,42,52)(H2,40,43,53)(H,44,50,54)(H2,55,56,57)/t18-,19-,20-,21-,22+,23+,24+,25+,29+,30+,31+,32+/m0/s1. The second-order valence-electron chi connectivity index (χ2n) is 17.6. The summed E-state index contributed by atoms with van der Waals surface area (Å²) < 4.78 is 116. The fourth-order valence-electron chi connectivity index (χ4n) is 8.45. The zero-order valence-electron chi connectivity index (χ0n) is 40.1. The molecule has 0 aromatic carbocycles. The number of phosphoric ester groups is 4. The van der Waals surface area contributed by atoms with Crippen molar-refractivity contribution in [2.45, 2.75) is 106 Å². The Morgan fingerprint density at radius 2 is 0.885 bits per heavy atom. The lowest BCUT2D eigenvalue weighted by atomic mass is 10.2. The van der Waals surface area contributed by atoms with Crippen molar-refractivity contribution >= 4 is 48.7 Å². The molecule has 4 saturated heterocycles. The molecule has 0 aliphatic carbocycles. The highest BCUT2D eigenvalue weighted by atomic mass is 31.2. The topological polar surface area (TPSA) is 529 Å². The van der Waals surface area contributed by atoms with Gasteiger partial charge in [0, 0.05) is 56.0 Å². The lowest BCUT2D eigenvalue weighted by Gasteiger charge is -2.25. The summed E-state index contributed by atoms with van der Waals surface area (Å²) >= 11 is 0. The number of aromatic amines is 1. The van der Waals surface area contributed by atoms with Gasteiger partial charge in [0.1, 0.15) is 85.1 Å². The molecule has 4 aliphatic rings. The molecule has 78 heavy (non-hydrogen) atoms. The molecule has 37 nitrogen and oxygen atoms in total. The first kappa shape index (κ1) is 59.1. The molecule has 8 rings (SSSR count). The van der Waals surface area contributed by atoms with Crippen molar-refractivity contribution in [2.24, 2.45) is 0 Å². The van der Waals surface area contributed by atoms with Crippen LogP contribution in [0.4, 0.5) is 17.5 Å². The Labute approximate surface area is 435 Å². The average Bonchev–Trinajstić information content (AvgIpc) is 4.19. The second-order valence-corrected chi connectivity index (χ2v) is 23.1. The molecule has 0 spiro atoms. The van der Waals surface area contributed by atoms with Crippen LogP contribution in [0.25, 0.3) is 0 Å². The number of ether oxygens (including phenoxy) is 4. The maximum Gasteiger partial charge on any atom is 0.472 e. The van der Waals surface area contributed by atoms with Crippen LogP contribution >= 0.6 is 31.3 Å². The van der Waals surface area contributed by atoms with Gasteiger partial charge in [-0.1, -0.05) is 0 Å². The smallest absolute Gasteiger partial charge is 0.390 e. The van der Waals surface area contributed by atoms with Crippen LogP contribution in [-0.4, -0.2) is 143 Å². The van der Waals surface area contributed by atoms with Gasteiger partial charge in [-0.2, -0.15) is 15.0 Å². The van der Waals surface area contributed by atoms with Gasteiger partial charge in [-0.15, -0.1) is 0 Å². The van der Waals surface area contributed by atoms with Crippen LogP contribution in [0.1, 0.15) is 56.2 Å². The summed E-state index contributed by atoms with van der Waals surface area (Å²) in [6.45, 7) is -2.43. The normalized spacial score (nSPS) is 29.8. The first-order chi connectivity index (χ1) is 36.5. The molecule has 4 aromatic rings. The molecular weight excluding hydrogens is 1140 g/mol. The van der Waals surface area contributed by atoms with Crippen LogP contribution < -0.4 is 45.5 Å². The van der Waals surface area contributed by atoms with E-state index in [0.29, 0.717) is 0 Å². The quantitative estimate of drug-likeness (QED) is 0.0363. The van der Waals surface area contributed by atoms with Gasteiger partial charge in [0.2, 0.25) is 0 Å². The zero-order valence-corrected chi connectivity index (χ0v) is 43.7. The molecule has 430 valence electrons.